The van der Waals surface area contributed by atoms with Crippen LogP contribution in [0.3, 0.4) is 0 Å². The molecule has 0 aliphatic carbocycles. The van der Waals surface area contributed by atoms with Crippen molar-refractivity contribution < 1.29 is 4.74 Å². The molecule has 1 N–H and O–H groups in total. The molecule has 2 heteroatoms. The minimum Gasteiger partial charge on any atom is -0.494 e. The predicted molar refractivity (Wildman–Crippen MR) is 84.3 cm³/mol. The van der Waals surface area contributed by atoms with Crippen molar-refractivity contribution in [1.82, 2.24) is 5.32 Å². The van der Waals surface area contributed by atoms with Crippen molar-refractivity contribution in [3.05, 3.63) is 65.7 Å². The van der Waals surface area contributed by atoms with Crippen molar-refractivity contribution in [3.8, 4) is 5.75 Å². The summed E-state index contributed by atoms with van der Waals surface area (Å²) < 4.78 is 5.82. The van der Waals surface area contributed by atoms with Gasteiger partial charge >= 0.3 is 0 Å². The Morgan fingerprint density at radius 2 is 1.85 bits per heavy atom. The van der Waals surface area contributed by atoms with Gasteiger partial charge in [-0.1, -0.05) is 42.5 Å². The number of hydrogen-bond acceptors (Lipinski definition) is 2. The fourth-order valence-electron chi connectivity index (χ4n) is 2.27. The van der Waals surface area contributed by atoms with E-state index in [-0.39, 0.29) is 0 Å². The predicted octanol–water partition coefficient (Wildman–Crippen LogP) is 3.59. The van der Waals surface area contributed by atoms with Gasteiger partial charge in [-0.2, -0.15) is 0 Å². The monoisotopic (exact) mass is 269 g/mol. The van der Waals surface area contributed by atoms with E-state index in [0.717, 1.165) is 25.2 Å². The SMILES string of the molecule is CNC(CCOc1cccc(C)c1)Cc1ccccc1. The van der Waals surface area contributed by atoms with Crippen LogP contribution in [0.1, 0.15) is 17.5 Å². The summed E-state index contributed by atoms with van der Waals surface area (Å²) in [5.41, 5.74) is 2.60. The molecule has 1 atom stereocenters. The van der Waals surface area contributed by atoms with Gasteiger partial charge in [0.2, 0.25) is 0 Å². The van der Waals surface area contributed by atoms with Crippen LogP contribution in [0.25, 0.3) is 0 Å². The summed E-state index contributed by atoms with van der Waals surface area (Å²) in [5.74, 6) is 0.958. The van der Waals surface area contributed by atoms with Gasteiger partial charge in [0, 0.05) is 6.04 Å². The van der Waals surface area contributed by atoms with Crippen molar-refractivity contribution >= 4 is 0 Å². The topological polar surface area (TPSA) is 21.3 Å². The van der Waals surface area contributed by atoms with E-state index in [4.69, 9.17) is 4.74 Å². The Hall–Kier alpha value is -1.80. The third-order valence-corrected chi connectivity index (χ3v) is 3.46. The lowest BCUT2D eigenvalue weighted by Gasteiger charge is -2.16. The first-order chi connectivity index (χ1) is 9.78. The van der Waals surface area contributed by atoms with E-state index in [2.05, 4.69) is 54.7 Å². The zero-order chi connectivity index (χ0) is 14.2. The van der Waals surface area contributed by atoms with Gasteiger partial charge < -0.3 is 10.1 Å². The lowest BCUT2D eigenvalue weighted by molar-refractivity contribution is 0.288. The fraction of sp³-hybridized carbons (Fsp3) is 0.333. The second kappa shape index (κ2) is 7.71. The normalized spacial score (nSPS) is 12.1. The first kappa shape index (κ1) is 14.6. The van der Waals surface area contributed by atoms with E-state index in [9.17, 15) is 0 Å². The molecule has 2 aromatic rings. The molecule has 0 heterocycles. The summed E-state index contributed by atoms with van der Waals surface area (Å²) in [4.78, 5) is 0. The summed E-state index contributed by atoms with van der Waals surface area (Å²) >= 11 is 0. The Morgan fingerprint density at radius 1 is 1.05 bits per heavy atom. The van der Waals surface area contributed by atoms with Gasteiger partial charge in [-0.15, -0.1) is 0 Å². The molecule has 20 heavy (non-hydrogen) atoms. The highest BCUT2D eigenvalue weighted by molar-refractivity contribution is 5.27. The number of benzene rings is 2. The zero-order valence-electron chi connectivity index (χ0n) is 12.3. The van der Waals surface area contributed by atoms with Gasteiger partial charge in [-0.05, 0) is 50.1 Å². The van der Waals surface area contributed by atoms with Crippen molar-refractivity contribution in [1.29, 1.82) is 0 Å². The molecule has 1 unspecified atom stereocenters. The quantitative estimate of drug-likeness (QED) is 0.829. The van der Waals surface area contributed by atoms with Crippen LogP contribution in [-0.4, -0.2) is 19.7 Å². The largest absolute Gasteiger partial charge is 0.494 e. The summed E-state index contributed by atoms with van der Waals surface area (Å²) in [7, 11) is 2.01. The Morgan fingerprint density at radius 3 is 2.55 bits per heavy atom. The molecule has 0 bridgehead atoms. The lowest BCUT2D eigenvalue weighted by Crippen LogP contribution is -2.29. The highest BCUT2D eigenvalue weighted by atomic mass is 16.5. The molecule has 0 aliphatic heterocycles. The molecule has 0 aliphatic rings. The average molecular weight is 269 g/mol. The summed E-state index contributed by atoms with van der Waals surface area (Å²) in [5, 5.41) is 3.37. The molecule has 0 radical (unpaired) electrons. The van der Waals surface area contributed by atoms with Crippen molar-refractivity contribution in [3.63, 3.8) is 0 Å². The maximum absolute atomic E-state index is 5.82. The standard InChI is InChI=1S/C18H23NO/c1-15-7-6-10-18(13-15)20-12-11-17(19-2)14-16-8-4-3-5-9-16/h3-10,13,17,19H,11-12,14H2,1-2H3. The average Bonchev–Trinajstić information content (AvgIpc) is 2.47. The van der Waals surface area contributed by atoms with Gasteiger partial charge in [-0.25, -0.2) is 0 Å². The second-order valence-electron chi connectivity index (χ2n) is 5.13. The third-order valence-electron chi connectivity index (χ3n) is 3.46. The van der Waals surface area contributed by atoms with Crippen LogP contribution in [0.15, 0.2) is 54.6 Å². The zero-order valence-corrected chi connectivity index (χ0v) is 12.3. The van der Waals surface area contributed by atoms with E-state index < -0.39 is 0 Å². The molecule has 0 spiro atoms. The van der Waals surface area contributed by atoms with Gasteiger partial charge in [0.05, 0.1) is 6.61 Å². The summed E-state index contributed by atoms with van der Waals surface area (Å²) in [6, 6.07) is 19.2. The maximum atomic E-state index is 5.82. The minimum atomic E-state index is 0.446. The fourth-order valence-corrected chi connectivity index (χ4v) is 2.27. The summed E-state index contributed by atoms with van der Waals surface area (Å²) in [6.45, 7) is 2.82. The van der Waals surface area contributed by atoms with Gasteiger partial charge in [0.1, 0.15) is 5.75 Å². The minimum absolute atomic E-state index is 0.446. The van der Waals surface area contributed by atoms with Crippen molar-refractivity contribution in [2.24, 2.45) is 0 Å². The lowest BCUT2D eigenvalue weighted by atomic mass is 10.0. The number of ether oxygens (including phenoxy) is 1. The molecule has 2 nitrogen and oxygen atoms in total. The van der Waals surface area contributed by atoms with Crippen LogP contribution in [0.5, 0.6) is 5.75 Å². The van der Waals surface area contributed by atoms with Gasteiger partial charge in [0.25, 0.3) is 0 Å². The Balaban J connectivity index is 1.79. The number of nitrogens with one attached hydrogen (secondary N) is 1. The van der Waals surface area contributed by atoms with Gasteiger partial charge in [-0.3, -0.25) is 0 Å². The van der Waals surface area contributed by atoms with E-state index in [1.54, 1.807) is 0 Å². The van der Waals surface area contributed by atoms with E-state index in [1.165, 1.54) is 11.1 Å². The number of aryl methyl sites for hydroxylation is 1. The molecule has 0 saturated heterocycles. The van der Waals surface area contributed by atoms with Crippen molar-refractivity contribution in [2.45, 2.75) is 25.8 Å². The summed E-state index contributed by atoms with van der Waals surface area (Å²) in [6.07, 6.45) is 2.04. The Labute approximate surface area is 121 Å². The van der Waals surface area contributed by atoms with Crippen LogP contribution < -0.4 is 10.1 Å². The molecular weight excluding hydrogens is 246 g/mol. The van der Waals surface area contributed by atoms with Crippen LogP contribution in [0, 0.1) is 6.92 Å². The van der Waals surface area contributed by atoms with Crippen LogP contribution in [-0.2, 0) is 6.42 Å². The van der Waals surface area contributed by atoms with E-state index in [0.29, 0.717) is 6.04 Å². The molecule has 0 aromatic heterocycles. The number of rotatable bonds is 7. The highest BCUT2D eigenvalue weighted by Crippen LogP contribution is 2.13. The Kier molecular flexibility index (Phi) is 5.63. The highest BCUT2D eigenvalue weighted by Gasteiger charge is 2.07. The first-order valence-corrected chi connectivity index (χ1v) is 7.18. The molecular formula is C18H23NO. The van der Waals surface area contributed by atoms with Crippen molar-refractivity contribution in [2.75, 3.05) is 13.7 Å². The molecule has 106 valence electrons. The van der Waals surface area contributed by atoms with Crippen LogP contribution >= 0.6 is 0 Å². The third kappa shape index (κ3) is 4.71. The molecule has 0 amide bonds. The second-order valence-corrected chi connectivity index (χ2v) is 5.13. The maximum Gasteiger partial charge on any atom is 0.119 e. The number of likely N-dealkylation sites (N-methyl/N-ethyl adjacent to an activating group) is 1. The molecule has 0 fully saturated rings. The number of hydrogen-bond donors (Lipinski definition) is 1. The van der Waals surface area contributed by atoms with E-state index in [1.807, 2.05) is 19.2 Å². The molecule has 0 saturated carbocycles. The first-order valence-electron chi connectivity index (χ1n) is 7.18. The van der Waals surface area contributed by atoms with Gasteiger partial charge in [0.15, 0.2) is 0 Å². The van der Waals surface area contributed by atoms with Crippen LogP contribution in [0.2, 0.25) is 0 Å². The van der Waals surface area contributed by atoms with Crippen LogP contribution in [0.4, 0.5) is 0 Å². The Bertz CT molecular complexity index is 510. The molecule has 2 rings (SSSR count). The van der Waals surface area contributed by atoms with E-state index >= 15 is 0 Å². The molecule has 2 aromatic carbocycles. The smallest absolute Gasteiger partial charge is 0.119 e.